The molecule has 0 radical (unpaired) electrons. The van der Waals surface area contributed by atoms with Gasteiger partial charge in [0.2, 0.25) is 0 Å². The number of rotatable bonds is 5. The summed E-state index contributed by atoms with van der Waals surface area (Å²) < 4.78 is 18.4. The van der Waals surface area contributed by atoms with E-state index < -0.39 is 0 Å². The maximum atomic E-state index is 12.8. The summed E-state index contributed by atoms with van der Waals surface area (Å²) in [5, 5.41) is 3.46. The zero-order valence-corrected chi connectivity index (χ0v) is 11.0. The second kappa shape index (κ2) is 6.25. The number of ether oxygens (including phenoxy) is 1. The van der Waals surface area contributed by atoms with E-state index in [1.807, 2.05) is 0 Å². The van der Waals surface area contributed by atoms with Crippen molar-refractivity contribution < 1.29 is 9.13 Å². The van der Waals surface area contributed by atoms with Crippen LogP contribution in [0.4, 0.5) is 4.39 Å². The first kappa shape index (κ1) is 13.4. The lowest BCUT2D eigenvalue weighted by atomic mass is 9.99. The molecule has 0 aliphatic carbocycles. The average Bonchev–Trinajstić information content (AvgIpc) is 2.84. The molecule has 1 aromatic rings. The third-order valence-corrected chi connectivity index (χ3v) is 3.63. The fourth-order valence-electron chi connectivity index (χ4n) is 2.45. The van der Waals surface area contributed by atoms with Crippen LogP contribution in [0.2, 0.25) is 0 Å². The van der Waals surface area contributed by atoms with Gasteiger partial charge in [-0.25, -0.2) is 4.39 Å². The molecule has 1 saturated heterocycles. The monoisotopic (exact) mass is 252 g/mol. The molecule has 0 saturated carbocycles. The molecule has 1 aliphatic heterocycles. The number of hydrogen-bond donors (Lipinski definition) is 1. The molecule has 2 heterocycles. The van der Waals surface area contributed by atoms with Gasteiger partial charge < -0.3 is 10.1 Å². The molecule has 3 atom stereocenters. The second-order valence-electron chi connectivity index (χ2n) is 4.90. The standard InChI is InChI=1S/C14H21FN2O/c1-3-14-11(6-7-18-14)8-16-10(2)13-5-4-12(15)9-17-13/h4-5,9-11,14,16H,3,6-8H2,1-2H3. The molecule has 18 heavy (non-hydrogen) atoms. The third-order valence-electron chi connectivity index (χ3n) is 3.63. The van der Waals surface area contributed by atoms with Crippen LogP contribution in [0.15, 0.2) is 18.3 Å². The Balaban J connectivity index is 1.84. The minimum Gasteiger partial charge on any atom is -0.378 e. The summed E-state index contributed by atoms with van der Waals surface area (Å²) in [6, 6.07) is 3.33. The Bertz CT molecular complexity index is 369. The highest BCUT2D eigenvalue weighted by Gasteiger charge is 2.26. The number of hydrogen-bond acceptors (Lipinski definition) is 3. The van der Waals surface area contributed by atoms with Crippen molar-refractivity contribution in [1.82, 2.24) is 10.3 Å². The summed E-state index contributed by atoms with van der Waals surface area (Å²) in [5.41, 5.74) is 0.878. The number of nitrogens with zero attached hydrogens (tertiary/aromatic N) is 1. The summed E-state index contributed by atoms with van der Waals surface area (Å²) in [7, 11) is 0. The highest BCUT2D eigenvalue weighted by molar-refractivity contribution is 5.09. The topological polar surface area (TPSA) is 34.1 Å². The van der Waals surface area contributed by atoms with Crippen LogP contribution in [-0.4, -0.2) is 24.2 Å². The fraction of sp³-hybridized carbons (Fsp3) is 0.643. The number of aromatic nitrogens is 1. The van der Waals surface area contributed by atoms with Crippen LogP contribution in [0, 0.1) is 11.7 Å². The normalized spacial score (nSPS) is 25.3. The zero-order chi connectivity index (χ0) is 13.0. The van der Waals surface area contributed by atoms with E-state index in [1.165, 1.54) is 12.3 Å². The van der Waals surface area contributed by atoms with E-state index in [4.69, 9.17) is 4.74 Å². The summed E-state index contributed by atoms with van der Waals surface area (Å²) >= 11 is 0. The largest absolute Gasteiger partial charge is 0.378 e. The lowest BCUT2D eigenvalue weighted by Crippen LogP contribution is -2.30. The predicted molar refractivity (Wildman–Crippen MR) is 68.8 cm³/mol. The van der Waals surface area contributed by atoms with Crippen LogP contribution in [0.5, 0.6) is 0 Å². The lowest BCUT2D eigenvalue weighted by Gasteiger charge is -2.20. The molecule has 4 heteroatoms. The SMILES string of the molecule is CCC1OCCC1CNC(C)c1ccc(F)cn1. The molecule has 1 N–H and O–H groups in total. The predicted octanol–water partition coefficient (Wildman–Crippen LogP) is 2.69. The zero-order valence-electron chi connectivity index (χ0n) is 11.0. The summed E-state index contributed by atoms with van der Waals surface area (Å²) in [5.74, 6) is 0.291. The van der Waals surface area contributed by atoms with Crippen LogP contribution in [0.1, 0.15) is 38.4 Å². The van der Waals surface area contributed by atoms with E-state index in [1.54, 1.807) is 6.07 Å². The van der Waals surface area contributed by atoms with Crippen molar-refractivity contribution in [2.24, 2.45) is 5.92 Å². The molecule has 0 spiro atoms. The minimum absolute atomic E-state index is 0.142. The molecule has 1 fully saturated rings. The van der Waals surface area contributed by atoms with Gasteiger partial charge in [0.05, 0.1) is 18.0 Å². The maximum Gasteiger partial charge on any atom is 0.141 e. The van der Waals surface area contributed by atoms with Crippen LogP contribution in [-0.2, 0) is 4.74 Å². The van der Waals surface area contributed by atoms with Crippen molar-refractivity contribution in [2.75, 3.05) is 13.2 Å². The van der Waals surface area contributed by atoms with Crippen molar-refractivity contribution in [3.63, 3.8) is 0 Å². The molecule has 1 aromatic heterocycles. The van der Waals surface area contributed by atoms with Gasteiger partial charge in [-0.1, -0.05) is 6.92 Å². The van der Waals surface area contributed by atoms with Crippen LogP contribution < -0.4 is 5.32 Å². The van der Waals surface area contributed by atoms with Crippen LogP contribution in [0.25, 0.3) is 0 Å². The van der Waals surface area contributed by atoms with Gasteiger partial charge in [0.25, 0.3) is 0 Å². The molecule has 100 valence electrons. The summed E-state index contributed by atoms with van der Waals surface area (Å²) in [4.78, 5) is 4.09. The summed E-state index contributed by atoms with van der Waals surface area (Å²) in [6.45, 7) is 6.01. The Morgan fingerprint density at radius 3 is 3.06 bits per heavy atom. The smallest absolute Gasteiger partial charge is 0.141 e. The molecule has 2 rings (SSSR count). The summed E-state index contributed by atoms with van der Waals surface area (Å²) in [6.07, 6.45) is 3.83. The van der Waals surface area contributed by atoms with E-state index >= 15 is 0 Å². The molecule has 0 bridgehead atoms. The van der Waals surface area contributed by atoms with Gasteiger partial charge in [0.15, 0.2) is 0 Å². The Hall–Kier alpha value is -1.00. The maximum absolute atomic E-state index is 12.8. The van der Waals surface area contributed by atoms with Gasteiger partial charge in [-0.2, -0.15) is 0 Å². The van der Waals surface area contributed by atoms with E-state index in [9.17, 15) is 4.39 Å². The quantitative estimate of drug-likeness (QED) is 0.875. The van der Waals surface area contributed by atoms with Crippen molar-refractivity contribution in [3.8, 4) is 0 Å². The highest BCUT2D eigenvalue weighted by atomic mass is 19.1. The molecule has 3 nitrogen and oxygen atoms in total. The molecule has 0 aromatic carbocycles. The van der Waals surface area contributed by atoms with E-state index in [0.717, 1.165) is 31.7 Å². The fourth-order valence-corrected chi connectivity index (χ4v) is 2.45. The van der Waals surface area contributed by atoms with Crippen LogP contribution in [0.3, 0.4) is 0 Å². The van der Waals surface area contributed by atoms with Crippen molar-refractivity contribution in [3.05, 3.63) is 29.8 Å². The third kappa shape index (κ3) is 3.27. The Kier molecular flexibility index (Phi) is 4.66. The molecule has 3 unspecified atom stereocenters. The first-order chi connectivity index (χ1) is 8.70. The Morgan fingerprint density at radius 2 is 2.39 bits per heavy atom. The van der Waals surface area contributed by atoms with Crippen molar-refractivity contribution in [2.45, 2.75) is 38.8 Å². The van der Waals surface area contributed by atoms with E-state index in [0.29, 0.717) is 12.0 Å². The van der Waals surface area contributed by atoms with Crippen molar-refractivity contribution in [1.29, 1.82) is 0 Å². The molecular weight excluding hydrogens is 231 g/mol. The number of pyridine rings is 1. The number of halogens is 1. The molecular formula is C14H21FN2O. The molecule has 1 aliphatic rings. The first-order valence-corrected chi connectivity index (χ1v) is 6.67. The van der Waals surface area contributed by atoms with Gasteiger partial charge in [-0.05, 0) is 37.8 Å². The average molecular weight is 252 g/mol. The van der Waals surface area contributed by atoms with Crippen molar-refractivity contribution >= 4 is 0 Å². The highest BCUT2D eigenvalue weighted by Crippen LogP contribution is 2.23. The lowest BCUT2D eigenvalue weighted by molar-refractivity contribution is 0.0867. The van der Waals surface area contributed by atoms with Gasteiger partial charge in [-0.15, -0.1) is 0 Å². The Morgan fingerprint density at radius 1 is 1.56 bits per heavy atom. The van der Waals surface area contributed by atoms with Gasteiger partial charge in [0.1, 0.15) is 5.82 Å². The van der Waals surface area contributed by atoms with Gasteiger partial charge in [0, 0.05) is 19.2 Å². The van der Waals surface area contributed by atoms with E-state index in [2.05, 4.69) is 24.1 Å². The first-order valence-electron chi connectivity index (χ1n) is 6.67. The number of nitrogens with one attached hydrogen (secondary N) is 1. The van der Waals surface area contributed by atoms with Gasteiger partial charge in [-0.3, -0.25) is 4.98 Å². The van der Waals surface area contributed by atoms with Gasteiger partial charge >= 0.3 is 0 Å². The second-order valence-corrected chi connectivity index (χ2v) is 4.90. The minimum atomic E-state index is -0.291. The van der Waals surface area contributed by atoms with Crippen LogP contribution >= 0.6 is 0 Å². The Labute approximate surface area is 108 Å². The van der Waals surface area contributed by atoms with E-state index in [-0.39, 0.29) is 11.9 Å². The molecule has 0 amide bonds.